The standard InChI is InChI=1S/C48H26N4O3/c1-2-13-28(14-3-1)48-49-37-24-25-39-42(44(37)55-48)41-32-19-7-6-17-30(32)36(26-40(41)53-39)47-51-45(34-21-10-15-27-12-4-5-16-29(27)34)50-46(52-47)35-22-11-20-33-31-18-8-9-23-38(31)54-43(33)35/h1-26H. The number of aromatic nitrogens is 4. The lowest BCUT2D eigenvalue weighted by molar-refractivity contribution is 0.622. The fourth-order valence-corrected chi connectivity index (χ4v) is 8.07. The van der Waals surface area contributed by atoms with Crippen molar-refractivity contribution < 1.29 is 13.3 Å². The largest absolute Gasteiger partial charge is 0.456 e. The van der Waals surface area contributed by atoms with E-state index in [-0.39, 0.29) is 0 Å². The minimum Gasteiger partial charge on any atom is -0.456 e. The van der Waals surface area contributed by atoms with Crippen molar-refractivity contribution in [2.24, 2.45) is 0 Å². The van der Waals surface area contributed by atoms with Crippen LogP contribution in [0.2, 0.25) is 0 Å². The van der Waals surface area contributed by atoms with Crippen LogP contribution in [-0.2, 0) is 0 Å². The maximum Gasteiger partial charge on any atom is 0.227 e. The molecular formula is C48H26N4O3. The Balaban J connectivity index is 1.15. The van der Waals surface area contributed by atoms with E-state index in [9.17, 15) is 0 Å². The van der Waals surface area contributed by atoms with Crippen molar-refractivity contribution in [2.45, 2.75) is 0 Å². The van der Waals surface area contributed by atoms with Crippen molar-refractivity contribution in [3.8, 4) is 45.6 Å². The summed E-state index contributed by atoms with van der Waals surface area (Å²) in [7, 11) is 0. The summed E-state index contributed by atoms with van der Waals surface area (Å²) in [4.78, 5) is 20.5. The summed E-state index contributed by atoms with van der Waals surface area (Å²) in [6.07, 6.45) is 0. The summed E-state index contributed by atoms with van der Waals surface area (Å²) in [5.41, 5.74) is 7.84. The third kappa shape index (κ3) is 4.50. The van der Waals surface area contributed by atoms with Crippen molar-refractivity contribution >= 4 is 76.5 Å². The van der Waals surface area contributed by atoms with Crippen molar-refractivity contribution in [1.82, 2.24) is 19.9 Å². The van der Waals surface area contributed by atoms with Crippen LogP contribution in [0.5, 0.6) is 0 Å². The molecule has 0 saturated heterocycles. The van der Waals surface area contributed by atoms with Crippen molar-refractivity contribution in [3.63, 3.8) is 0 Å². The number of para-hydroxylation sites is 2. The van der Waals surface area contributed by atoms with Crippen LogP contribution < -0.4 is 0 Å². The van der Waals surface area contributed by atoms with Gasteiger partial charge in [0.05, 0.1) is 10.9 Å². The average molecular weight is 707 g/mol. The third-order valence-corrected chi connectivity index (χ3v) is 10.6. The van der Waals surface area contributed by atoms with Crippen LogP contribution in [0, 0.1) is 0 Å². The van der Waals surface area contributed by atoms with E-state index in [1.165, 1.54) is 0 Å². The molecule has 0 bridgehead atoms. The second-order valence-corrected chi connectivity index (χ2v) is 13.7. The van der Waals surface area contributed by atoms with Gasteiger partial charge in [0.1, 0.15) is 27.8 Å². The Labute approximate surface area is 312 Å². The van der Waals surface area contributed by atoms with Gasteiger partial charge in [-0.1, -0.05) is 115 Å². The summed E-state index contributed by atoms with van der Waals surface area (Å²) in [6, 6.07) is 53.0. The molecule has 0 radical (unpaired) electrons. The predicted octanol–water partition coefficient (Wildman–Crippen LogP) is 12.8. The molecule has 0 aliphatic rings. The van der Waals surface area contributed by atoms with Gasteiger partial charge in [-0.25, -0.2) is 19.9 Å². The number of oxazole rings is 1. The number of benzene rings is 8. The van der Waals surface area contributed by atoms with Crippen LogP contribution in [-0.4, -0.2) is 19.9 Å². The highest BCUT2D eigenvalue weighted by Crippen LogP contribution is 2.44. The molecule has 12 rings (SSSR count). The SMILES string of the molecule is c1ccc(-c2nc3ccc4oc5cc(-c6nc(-c7cccc8ccccc78)nc(-c7cccc8c7oc7ccccc78)n6)c6ccccc6c5c4c3o2)cc1. The van der Waals surface area contributed by atoms with Gasteiger partial charge in [-0.15, -0.1) is 0 Å². The Bertz CT molecular complexity index is 3500. The molecule has 0 amide bonds. The second kappa shape index (κ2) is 11.4. The fourth-order valence-electron chi connectivity index (χ4n) is 8.07. The van der Waals surface area contributed by atoms with Crippen molar-refractivity contribution in [1.29, 1.82) is 0 Å². The van der Waals surface area contributed by atoms with Crippen LogP contribution in [0.1, 0.15) is 0 Å². The van der Waals surface area contributed by atoms with Crippen molar-refractivity contribution in [2.75, 3.05) is 0 Å². The van der Waals surface area contributed by atoms with E-state index in [1.54, 1.807) is 0 Å². The summed E-state index contributed by atoms with van der Waals surface area (Å²) in [5.74, 6) is 2.17. The van der Waals surface area contributed by atoms with E-state index in [1.807, 2.05) is 109 Å². The van der Waals surface area contributed by atoms with Crippen LogP contribution >= 0.6 is 0 Å². The molecule has 0 atom stereocenters. The minimum atomic E-state index is 0.517. The van der Waals surface area contributed by atoms with E-state index in [4.69, 9.17) is 33.2 Å². The molecule has 0 aliphatic carbocycles. The Morgan fingerprint density at radius 2 is 1.00 bits per heavy atom. The molecule has 256 valence electrons. The lowest BCUT2D eigenvalue weighted by Crippen LogP contribution is -2.01. The summed E-state index contributed by atoms with van der Waals surface area (Å²) < 4.78 is 19.7. The third-order valence-electron chi connectivity index (χ3n) is 10.6. The van der Waals surface area contributed by atoms with Gasteiger partial charge in [-0.05, 0) is 64.0 Å². The van der Waals surface area contributed by atoms with E-state index >= 15 is 0 Å². The molecule has 4 aromatic heterocycles. The van der Waals surface area contributed by atoms with Crippen LogP contribution in [0.15, 0.2) is 171 Å². The van der Waals surface area contributed by atoms with E-state index in [0.29, 0.717) is 40.1 Å². The zero-order valence-electron chi connectivity index (χ0n) is 29.0. The highest BCUT2D eigenvalue weighted by Gasteiger charge is 2.23. The van der Waals surface area contributed by atoms with Crippen LogP contribution in [0.3, 0.4) is 0 Å². The molecule has 7 nitrogen and oxygen atoms in total. The quantitative estimate of drug-likeness (QED) is 0.180. The van der Waals surface area contributed by atoms with E-state index < -0.39 is 0 Å². The molecule has 4 heterocycles. The van der Waals surface area contributed by atoms with Gasteiger partial charge in [0.25, 0.3) is 0 Å². The monoisotopic (exact) mass is 706 g/mol. The highest BCUT2D eigenvalue weighted by atomic mass is 16.4. The molecule has 12 aromatic rings. The van der Waals surface area contributed by atoms with Gasteiger partial charge >= 0.3 is 0 Å². The molecule has 0 saturated carbocycles. The predicted molar refractivity (Wildman–Crippen MR) is 219 cm³/mol. The van der Waals surface area contributed by atoms with E-state index in [2.05, 4.69) is 48.5 Å². The zero-order chi connectivity index (χ0) is 36.0. The van der Waals surface area contributed by atoms with E-state index in [0.717, 1.165) is 82.0 Å². The molecule has 0 N–H and O–H groups in total. The van der Waals surface area contributed by atoms with Gasteiger partial charge in [0, 0.05) is 32.8 Å². The molecule has 0 unspecified atom stereocenters. The minimum absolute atomic E-state index is 0.517. The van der Waals surface area contributed by atoms with Gasteiger partial charge < -0.3 is 13.3 Å². The molecule has 0 aliphatic heterocycles. The lowest BCUT2D eigenvalue weighted by Gasteiger charge is -2.12. The number of nitrogens with zero attached hydrogens (tertiary/aromatic N) is 4. The lowest BCUT2D eigenvalue weighted by atomic mass is 9.98. The molecule has 8 aromatic carbocycles. The van der Waals surface area contributed by atoms with Gasteiger partial charge in [-0.2, -0.15) is 0 Å². The number of furan rings is 2. The number of rotatable bonds is 4. The Kier molecular flexibility index (Phi) is 6.21. The maximum absolute atomic E-state index is 6.65. The Morgan fingerprint density at radius 1 is 0.345 bits per heavy atom. The van der Waals surface area contributed by atoms with Crippen LogP contribution in [0.4, 0.5) is 0 Å². The molecule has 55 heavy (non-hydrogen) atoms. The van der Waals surface area contributed by atoms with Gasteiger partial charge in [0.15, 0.2) is 23.1 Å². The summed E-state index contributed by atoms with van der Waals surface area (Å²) >= 11 is 0. The number of hydrogen-bond donors (Lipinski definition) is 0. The van der Waals surface area contributed by atoms with Gasteiger partial charge in [0.2, 0.25) is 5.89 Å². The van der Waals surface area contributed by atoms with Crippen LogP contribution in [0.25, 0.3) is 122 Å². The first-order chi connectivity index (χ1) is 27.2. The molecule has 0 spiro atoms. The smallest absolute Gasteiger partial charge is 0.227 e. The van der Waals surface area contributed by atoms with Crippen molar-refractivity contribution in [3.05, 3.63) is 158 Å². The number of hydrogen-bond acceptors (Lipinski definition) is 7. The maximum atomic E-state index is 6.65. The zero-order valence-corrected chi connectivity index (χ0v) is 29.0. The first-order valence-corrected chi connectivity index (χ1v) is 18.1. The first-order valence-electron chi connectivity index (χ1n) is 18.1. The summed E-state index contributed by atoms with van der Waals surface area (Å²) in [5, 5.41) is 8.00. The first kappa shape index (κ1) is 29.9. The average Bonchev–Trinajstić information content (AvgIpc) is 3.97. The fraction of sp³-hybridized carbons (Fsp3) is 0. The van der Waals surface area contributed by atoms with Gasteiger partial charge in [-0.3, -0.25) is 0 Å². The molecule has 7 heteroatoms. The Hall–Kier alpha value is -7.64. The molecule has 0 fully saturated rings. The normalized spacial score (nSPS) is 12.0. The highest BCUT2D eigenvalue weighted by molar-refractivity contribution is 6.27. The topological polar surface area (TPSA) is 91.0 Å². The second-order valence-electron chi connectivity index (χ2n) is 13.7. The molecular weight excluding hydrogens is 681 g/mol. The number of fused-ring (bicyclic) bond motifs is 11. The summed E-state index contributed by atoms with van der Waals surface area (Å²) in [6.45, 7) is 0. The Morgan fingerprint density at radius 3 is 1.87 bits per heavy atom.